The van der Waals surface area contributed by atoms with Crippen LogP contribution in [0.3, 0.4) is 0 Å². The summed E-state index contributed by atoms with van der Waals surface area (Å²) in [4.78, 5) is 25.5. The number of phenolic OH excluding ortho intramolecular Hbond substituents is 1. The van der Waals surface area contributed by atoms with Crippen molar-refractivity contribution < 1.29 is 19.7 Å². The van der Waals surface area contributed by atoms with E-state index < -0.39 is 11.6 Å². The van der Waals surface area contributed by atoms with Crippen molar-refractivity contribution in [3.8, 4) is 17.0 Å². The Balaban J connectivity index is 1.84. The lowest BCUT2D eigenvalue weighted by Gasteiger charge is -2.31. The molecule has 0 unspecified atom stereocenters. The zero-order valence-electron chi connectivity index (χ0n) is 16.3. The number of aromatic nitrogens is 1. The molecule has 0 aliphatic carbocycles. The van der Waals surface area contributed by atoms with E-state index in [1.54, 1.807) is 29.7 Å². The lowest BCUT2D eigenvalue weighted by Crippen LogP contribution is -2.44. The molecule has 2 aliphatic rings. The van der Waals surface area contributed by atoms with Gasteiger partial charge in [0.1, 0.15) is 12.4 Å². The van der Waals surface area contributed by atoms with Crippen molar-refractivity contribution in [3.63, 3.8) is 0 Å². The summed E-state index contributed by atoms with van der Waals surface area (Å²) in [5.41, 5.74) is 2.41. The van der Waals surface area contributed by atoms with Crippen LogP contribution in [-0.2, 0) is 34.7 Å². The molecule has 29 heavy (non-hydrogen) atoms. The van der Waals surface area contributed by atoms with Gasteiger partial charge in [0.15, 0.2) is 5.60 Å². The van der Waals surface area contributed by atoms with Crippen LogP contribution in [-0.4, -0.2) is 20.7 Å². The smallest absolute Gasteiger partial charge is 0.343 e. The average Bonchev–Trinajstić information content (AvgIpc) is 3.08. The average molecular weight is 391 g/mol. The Morgan fingerprint density at radius 2 is 1.93 bits per heavy atom. The van der Waals surface area contributed by atoms with Crippen LogP contribution in [0.1, 0.15) is 42.5 Å². The highest BCUT2D eigenvalue weighted by Gasteiger charge is 2.45. The lowest BCUT2D eigenvalue weighted by molar-refractivity contribution is -0.172. The Labute approximate surface area is 167 Å². The summed E-state index contributed by atoms with van der Waals surface area (Å²) in [6.07, 6.45) is 0.887. The number of esters is 1. The molecule has 148 valence electrons. The van der Waals surface area contributed by atoms with Crippen molar-refractivity contribution in [3.05, 3.63) is 62.9 Å². The first-order chi connectivity index (χ1) is 13.9. The molecule has 1 aromatic heterocycles. The third-order valence-electron chi connectivity index (χ3n) is 6.34. The van der Waals surface area contributed by atoms with Gasteiger partial charge in [0.25, 0.3) is 5.56 Å². The van der Waals surface area contributed by atoms with Gasteiger partial charge in [0.05, 0.1) is 17.8 Å². The van der Waals surface area contributed by atoms with E-state index in [9.17, 15) is 19.8 Å². The van der Waals surface area contributed by atoms with Gasteiger partial charge < -0.3 is 19.5 Å². The number of aromatic hydroxyl groups is 1. The van der Waals surface area contributed by atoms with E-state index in [0.29, 0.717) is 23.4 Å². The number of rotatable bonds is 2. The van der Waals surface area contributed by atoms with Crippen LogP contribution in [0, 0.1) is 0 Å². The van der Waals surface area contributed by atoms with Gasteiger partial charge in [-0.3, -0.25) is 4.79 Å². The van der Waals surface area contributed by atoms with Gasteiger partial charge in [0, 0.05) is 11.1 Å². The van der Waals surface area contributed by atoms with Crippen LogP contribution in [0.15, 0.2) is 35.1 Å². The van der Waals surface area contributed by atoms with Crippen molar-refractivity contribution in [2.75, 3.05) is 0 Å². The number of aryl methyl sites for hydroxylation is 1. The fraction of sp³-hybridized carbons (Fsp3) is 0.304. The summed E-state index contributed by atoms with van der Waals surface area (Å²) < 4.78 is 6.81. The quantitative estimate of drug-likeness (QED) is 0.513. The molecule has 0 spiro atoms. The van der Waals surface area contributed by atoms with E-state index in [1.807, 2.05) is 12.1 Å². The largest absolute Gasteiger partial charge is 0.508 e. The summed E-state index contributed by atoms with van der Waals surface area (Å²) in [6.45, 7) is 4.05. The SMILES string of the molecule is CCc1c2c(cc3ccc(O)cc13)-c1cc3c(c(=O)n1C2)COC(=O)[C@]3(O)CC. The topological polar surface area (TPSA) is 88.8 Å². The molecule has 2 N–H and O–H groups in total. The molecule has 2 aliphatic heterocycles. The molecule has 0 radical (unpaired) electrons. The number of hydrogen-bond acceptors (Lipinski definition) is 5. The zero-order chi connectivity index (χ0) is 20.5. The molecule has 5 rings (SSSR count). The minimum Gasteiger partial charge on any atom is -0.508 e. The van der Waals surface area contributed by atoms with E-state index in [-0.39, 0.29) is 24.3 Å². The molecule has 0 saturated carbocycles. The van der Waals surface area contributed by atoms with E-state index >= 15 is 0 Å². The maximum absolute atomic E-state index is 13.3. The third kappa shape index (κ3) is 2.26. The standard InChI is InChI=1S/C23H21NO5/c1-3-14-15-8-13(25)6-5-12(15)7-16-17(14)10-24-20(16)9-19-18(21(24)26)11-29-22(27)23(19,28)4-2/h5-9,25,28H,3-4,10-11H2,1-2H3/t23-/m0/s1. The number of nitrogens with zero attached hydrogens (tertiary/aromatic N) is 1. The molecule has 0 bridgehead atoms. The Morgan fingerprint density at radius 1 is 1.14 bits per heavy atom. The highest BCUT2D eigenvalue weighted by Crippen LogP contribution is 2.42. The van der Waals surface area contributed by atoms with Crippen molar-refractivity contribution in [2.45, 2.75) is 45.4 Å². The normalized spacial score (nSPS) is 19.6. The van der Waals surface area contributed by atoms with Crippen molar-refractivity contribution in [2.24, 2.45) is 0 Å². The highest BCUT2D eigenvalue weighted by molar-refractivity contribution is 5.94. The molecule has 0 saturated heterocycles. The summed E-state index contributed by atoms with van der Waals surface area (Å²) in [7, 11) is 0. The van der Waals surface area contributed by atoms with Crippen LogP contribution in [0.4, 0.5) is 0 Å². The first-order valence-corrected chi connectivity index (χ1v) is 9.83. The van der Waals surface area contributed by atoms with Crippen LogP contribution >= 0.6 is 0 Å². The van der Waals surface area contributed by atoms with Gasteiger partial charge in [-0.2, -0.15) is 0 Å². The number of benzene rings is 2. The number of ether oxygens (including phenoxy) is 1. The van der Waals surface area contributed by atoms with Crippen LogP contribution < -0.4 is 5.56 Å². The second-order valence-electron chi connectivity index (χ2n) is 7.74. The molecule has 3 heterocycles. The Morgan fingerprint density at radius 3 is 2.66 bits per heavy atom. The van der Waals surface area contributed by atoms with E-state index in [4.69, 9.17) is 4.74 Å². The van der Waals surface area contributed by atoms with Gasteiger partial charge >= 0.3 is 5.97 Å². The summed E-state index contributed by atoms with van der Waals surface area (Å²) in [6, 6.07) is 9.06. The summed E-state index contributed by atoms with van der Waals surface area (Å²) in [5.74, 6) is -0.503. The second kappa shape index (κ2) is 5.94. The predicted octanol–water partition coefficient (Wildman–Crippen LogP) is 2.95. The van der Waals surface area contributed by atoms with Gasteiger partial charge in [-0.25, -0.2) is 4.79 Å². The van der Waals surface area contributed by atoms with Gasteiger partial charge in [-0.15, -0.1) is 0 Å². The first-order valence-electron chi connectivity index (χ1n) is 9.83. The molecule has 1 atom stereocenters. The Kier molecular flexibility index (Phi) is 3.67. The molecule has 6 heteroatoms. The predicted molar refractivity (Wildman–Crippen MR) is 108 cm³/mol. The second-order valence-corrected chi connectivity index (χ2v) is 7.74. The van der Waals surface area contributed by atoms with Crippen molar-refractivity contribution in [1.82, 2.24) is 4.57 Å². The lowest BCUT2D eigenvalue weighted by atomic mass is 9.85. The van der Waals surface area contributed by atoms with Gasteiger partial charge in [-0.05, 0) is 59.0 Å². The molecule has 3 aromatic rings. The van der Waals surface area contributed by atoms with Crippen LogP contribution in [0.2, 0.25) is 0 Å². The minimum atomic E-state index is -1.80. The molecule has 0 fully saturated rings. The molecular formula is C23H21NO5. The molecular weight excluding hydrogens is 370 g/mol. The Hall–Kier alpha value is -3.12. The van der Waals surface area contributed by atoms with Crippen LogP contribution in [0.25, 0.3) is 22.0 Å². The Bertz CT molecular complexity index is 1270. The maximum Gasteiger partial charge on any atom is 0.343 e. The van der Waals surface area contributed by atoms with E-state index in [0.717, 1.165) is 33.9 Å². The number of phenols is 1. The molecule has 6 nitrogen and oxygen atoms in total. The number of aliphatic hydroxyl groups is 1. The number of hydrogen-bond donors (Lipinski definition) is 2. The van der Waals surface area contributed by atoms with Crippen molar-refractivity contribution >= 4 is 16.7 Å². The first kappa shape index (κ1) is 17.9. The third-order valence-corrected chi connectivity index (χ3v) is 6.34. The fourth-order valence-electron chi connectivity index (χ4n) is 4.75. The van der Waals surface area contributed by atoms with E-state index in [2.05, 4.69) is 6.92 Å². The molecule has 2 aromatic carbocycles. The summed E-state index contributed by atoms with van der Waals surface area (Å²) in [5, 5.41) is 22.8. The van der Waals surface area contributed by atoms with Crippen LogP contribution in [0.5, 0.6) is 5.75 Å². The maximum atomic E-state index is 13.3. The number of carbonyl (C=O) groups excluding carboxylic acids is 1. The summed E-state index contributed by atoms with van der Waals surface area (Å²) >= 11 is 0. The van der Waals surface area contributed by atoms with E-state index in [1.165, 1.54) is 0 Å². The number of carbonyl (C=O) groups is 1. The van der Waals surface area contributed by atoms with Gasteiger partial charge in [-0.1, -0.05) is 19.9 Å². The monoisotopic (exact) mass is 391 g/mol. The van der Waals surface area contributed by atoms with Gasteiger partial charge in [0.2, 0.25) is 0 Å². The fourth-order valence-corrected chi connectivity index (χ4v) is 4.75. The van der Waals surface area contributed by atoms with Crippen molar-refractivity contribution in [1.29, 1.82) is 0 Å². The zero-order valence-corrected chi connectivity index (χ0v) is 16.3. The molecule has 0 amide bonds. The minimum absolute atomic E-state index is 0.123. The number of pyridine rings is 1. The highest BCUT2D eigenvalue weighted by atomic mass is 16.6. The number of fused-ring (bicyclic) bond motifs is 5. The number of cyclic esters (lactones) is 1.